The highest BCUT2D eigenvalue weighted by atomic mass is 16.3. The largest absolute Gasteiger partial charge is 0.461 e. The standard InChI is InChI=1S/C21H26N2O2/c1-16-7-8-19(25-16)18-6-3-5-17(13-18)14-23-12-10-21(15-23)9-4-11-22(2)20(21)24/h3,5-8,13H,4,9-12,14-15H2,1-2H3. The second-order valence-corrected chi connectivity index (χ2v) is 7.68. The van der Waals surface area contributed by atoms with Crippen molar-refractivity contribution >= 4 is 5.91 Å². The van der Waals surface area contributed by atoms with E-state index in [2.05, 4.69) is 29.2 Å². The van der Waals surface area contributed by atoms with Crippen LogP contribution in [0.5, 0.6) is 0 Å². The molecule has 1 atom stereocenters. The molecule has 0 bridgehead atoms. The summed E-state index contributed by atoms with van der Waals surface area (Å²) in [5, 5.41) is 0. The monoisotopic (exact) mass is 338 g/mol. The minimum Gasteiger partial charge on any atom is -0.461 e. The smallest absolute Gasteiger partial charge is 0.229 e. The average molecular weight is 338 g/mol. The van der Waals surface area contributed by atoms with Crippen molar-refractivity contribution in [3.63, 3.8) is 0 Å². The van der Waals surface area contributed by atoms with Crippen molar-refractivity contribution in [2.75, 3.05) is 26.7 Å². The second kappa shape index (κ2) is 6.34. The molecule has 0 radical (unpaired) electrons. The maximum atomic E-state index is 12.7. The Balaban J connectivity index is 1.47. The van der Waals surface area contributed by atoms with Crippen molar-refractivity contribution in [2.24, 2.45) is 5.41 Å². The zero-order valence-corrected chi connectivity index (χ0v) is 15.1. The van der Waals surface area contributed by atoms with Gasteiger partial charge in [-0.15, -0.1) is 0 Å². The number of hydrogen-bond donors (Lipinski definition) is 0. The molecule has 1 amide bonds. The molecule has 4 nitrogen and oxygen atoms in total. The van der Waals surface area contributed by atoms with Gasteiger partial charge in [0.2, 0.25) is 5.91 Å². The molecule has 2 aliphatic heterocycles. The number of rotatable bonds is 3. The number of piperidine rings is 1. The Morgan fingerprint density at radius 1 is 1.16 bits per heavy atom. The Labute approximate surface area is 149 Å². The van der Waals surface area contributed by atoms with Gasteiger partial charge in [0.1, 0.15) is 11.5 Å². The molecule has 2 saturated heterocycles. The minimum absolute atomic E-state index is 0.136. The van der Waals surface area contributed by atoms with E-state index < -0.39 is 0 Å². The summed E-state index contributed by atoms with van der Waals surface area (Å²) in [7, 11) is 1.95. The molecule has 0 aliphatic carbocycles. The van der Waals surface area contributed by atoms with E-state index >= 15 is 0 Å². The first-order valence-electron chi connectivity index (χ1n) is 9.19. The van der Waals surface area contributed by atoms with Crippen molar-refractivity contribution in [2.45, 2.75) is 32.7 Å². The topological polar surface area (TPSA) is 36.7 Å². The van der Waals surface area contributed by atoms with Gasteiger partial charge in [-0.05, 0) is 56.5 Å². The third-order valence-electron chi connectivity index (χ3n) is 5.74. The van der Waals surface area contributed by atoms with Crippen molar-refractivity contribution in [3.05, 3.63) is 47.7 Å². The Morgan fingerprint density at radius 3 is 2.84 bits per heavy atom. The van der Waals surface area contributed by atoms with E-state index in [1.54, 1.807) is 0 Å². The highest BCUT2D eigenvalue weighted by Crippen LogP contribution is 2.40. The summed E-state index contributed by atoms with van der Waals surface area (Å²) in [6, 6.07) is 12.6. The van der Waals surface area contributed by atoms with Gasteiger partial charge in [0.25, 0.3) is 0 Å². The molecule has 2 aromatic rings. The summed E-state index contributed by atoms with van der Waals surface area (Å²) in [6.45, 7) is 5.66. The minimum atomic E-state index is -0.136. The predicted molar refractivity (Wildman–Crippen MR) is 98.1 cm³/mol. The van der Waals surface area contributed by atoms with Crippen molar-refractivity contribution in [1.29, 1.82) is 0 Å². The lowest BCUT2D eigenvalue weighted by molar-refractivity contribution is -0.143. The van der Waals surface area contributed by atoms with Crippen LogP contribution in [0, 0.1) is 12.3 Å². The van der Waals surface area contributed by atoms with E-state index in [0.29, 0.717) is 5.91 Å². The van der Waals surface area contributed by atoms with Crippen molar-refractivity contribution in [3.8, 4) is 11.3 Å². The van der Waals surface area contributed by atoms with Gasteiger partial charge in [-0.25, -0.2) is 0 Å². The molecule has 2 fully saturated rings. The Hall–Kier alpha value is -2.07. The molecule has 1 unspecified atom stereocenters. The SMILES string of the molecule is Cc1ccc(-c2cccc(CN3CCC4(CCCN(C)C4=O)C3)c2)o1. The Kier molecular flexibility index (Phi) is 4.16. The van der Waals surface area contributed by atoms with E-state index in [-0.39, 0.29) is 5.41 Å². The van der Waals surface area contributed by atoms with Crippen LogP contribution in [0.4, 0.5) is 0 Å². The number of amides is 1. The lowest BCUT2D eigenvalue weighted by atomic mass is 9.78. The van der Waals surface area contributed by atoms with Crippen molar-refractivity contribution in [1.82, 2.24) is 9.80 Å². The van der Waals surface area contributed by atoms with Gasteiger partial charge in [-0.1, -0.05) is 18.2 Å². The maximum absolute atomic E-state index is 12.7. The first-order valence-corrected chi connectivity index (χ1v) is 9.19. The zero-order valence-electron chi connectivity index (χ0n) is 15.1. The van der Waals surface area contributed by atoms with E-state index in [1.807, 2.05) is 31.0 Å². The summed E-state index contributed by atoms with van der Waals surface area (Å²) in [5.41, 5.74) is 2.26. The molecule has 4 heteroatoms. The highest BCUT2D eigenvalue weighted by molar-refractivity contribution is 5.83. The number of nitrogens with zero attached hydrogens (tertiary/aromatic N) is 2. The molecular formula is C21H26N2O2. The Morgan fingerprint density at radius 2 is 2.04 bits per heavy atom. The normalized spacial score (nSPS) is 24.4. The molecule has 25 heavy (non-hydrogen) atoms. The third-order valence-corrected chi connectivity index (χ3v) is 5.74. The van der Waals surface area contributed by atoms with E-state index in [0.717, 1.165) is 62.5 Å². The van der Waals surface area contributed by atoms with Gasteiger partial charge in [-0.2, -0.15) is 0 Å². The Bertz CT molecular complexity index is 782. The quantitative estimate of drug-likeness (QED) is 0.856. The fourth-order valence-corrected chi connectivity index (χ4v) is 4.41. The van der Waals surface area contributed by atoms with Crippen LogP contribution < -0.4 is 0 Å². The first-order chi connectivity index (χ1) is 12.1. The number of carbonyl (C=O) groups is 1. The molecule has 1 aromatic heterocycles. The van der Waals surface area contributed by atoms with E-state index in [9.17, 15) is 4.79 Å². The number of hydrogen-bond acceptors (Lipinski definition) is 3. The molecule has 1 spiro atoms. The number of aryl methyl sites for hydroxylation is 1. The highest BCUT2D eigenvalue weighted by Gasteiger charge is 2.47. The fourth-order valence-electron chi connectivity index (χ4n) is 4.41. The van der Waals surface area contributed by atoms with Gasteiger partial charge in [-0.3, -0.25) is 9.69 Å². The van der Waals surface area contributed by atoms with Crippen LogP contribution in [0.3, 0.4) is 0 Å². The van der Waals surface area contributed by atoms with Gasteiger partial charge in [0, 0.05) is 32.2 Å². The van der Waals surface area contributed by atoms with Crippen LogP contribution >= 0.6 is 0 Å². The number of furan rings is 1. The first kappa shape index (κ1) is 16.4. The maximum Gasteiger partial charge on any atom is 0.229 e. The van der Waals surface area contributed by atoms with Gasteiger partial charge in [0.15, 0.2) is 0 Å². The second-order valence-electron chi connectivity index (χ2n) is 7.68. The van der Waals surface area contributed by atoms with Crippen LogP contribution in [0.15, 0.2) is 40.8 Å². The zero-order chi connectivity index (χ0) is 17.4. The lowest BCUT2D eigenvalue weighted by Gasteiger charge is -2.37. The number of likely N-dealkylation sites (tertiary alicyclic amines) is 2. The van der Waals surface area contributed by atoms with Gasteiger partial charge >= 0.3 is 0 Å². The number of benzene rings is 1. The lowest BCUT2D eigenvalue weighted by Crippen LogP contribution is -2.48. The molecule has 132 valence electrons. The molecule has 0 saturated carbocycles. The van der Waals surface area contributed by atoms with Crippen LogP contribution in [-0.2, 0) is 11.3 Å². The van der Waals surface area contributed by atoms with Crippen LogP contribution in [0.1, 0.15) is 30.6 Å². The molecule has 3 heterocycles. The summed E-state index contributed by atoms with van der Waals surface area (Å²) < 4.78 is 5.75. The molecule has 2 aliphatic rings. The summed E-state index contributed by atoms with van der Waals surface area (Å²) >= 11 is 0. The summed E-state index contributed by atoms with van der Waals surface area (Å²) in [4.78, 5) is 17.0. The van der Waals surface area contributed by atoms with Crippen LogP contribution in [0.2, 0.25) is 0 Å². The molecule has 4 rings (SSSR count). The van der Waals surface area contributed by atoms with Gasteiger partial charge in [0.05, 0.1) is 5.41 Å². The third kappa shape index (κ3) is 3.11. The van der Waals surface area contributed by atoms with Crippen LogP contribution in [0.25, 0.3) is 11.3 Å². The summed E-state index contributed by atoms with van der Waals surface area (Å²) in [6.07, 6.45) is 3.16. The number of carbonyl (C=O) groups excluding carboxylic acids is 1. The summed E-state index contributed by atoms with van der Waals surface area (Å²) in [5.74, 6) is 2.20. The molecular weight excluding hydrogens is 312 g/mol. The van der Waals surface area contributed by atoms with Gasteiger partial charge < -0.3 is 9.32 Å². The van der Waals surface area contributed by atoms with E-state index in [1.165, 1.54) is 5.56 Å². The van der Waals surface area contributed by atoms with Crippen molar-refractivity contribution < 1.29 is 9.21 Å². The predicted octanol–water partition coefficient (Wildman–Crippen LogP) is 3.70. The molecule has 1 aromatic carbocycles. The van der Waals surface area contributed by atoms with E-state index in [4.69, 9.17) is 4.42 Å². The van der Waals surface area contributed by atoms with Crippen LogP contribution in [-0.4, -0.2) is 42.4 Å². The molecule has 0 N–H and O–H groups in total. The average Bonchev–Trinajstić information content (AvgIpc) is 3.21. The fraction of sp³-hybridized carbons (Fsp3) is 0.476.